The number of aromatic nitrogens is 1. The van der Waals surface area contributed by atoms with Crippen molar-refractivity contribution in [3.63, 3.8) is 0 Å². The number of benzene rings is 1. The first-order chi connectivity index (χ1) is 11.7. The van der Waals surface area contributed by atoms with Gasteiger partial charge in [-0.1, -0.05) is 0 Å². The average Bonchev–Trinajstić information content (AvgIpc) is 3.28. The zero-order chi connectivity index (χ0) is 16.9. The molecular weight excluding hydrogens is 304 g/mol. The summed E-state index contributed by atoms with van der Waals surface area (Å²) in [5.74, 6) is -0.264. The Morgan fingerprint density at radius 3 is 2.42 bits per heavy atom. The second-order valence-electron chi connectivity index (χ2n) is 5.92. The molecule has 3 rings (SSSR count). The molecule has 5 heteroatoms. The quantitative estimate of drug-likeness (QED) is 0.735. The number of ether oxygens (including phenoxy) is 1. The molecule has 1 fully saturated rings. The van der Waals surface area contributed by atoms with E-state index in [0.717, 1.165) is 18.5 Å². The fourth-order valence-electron chi connectivity index (χ4n) is 2.73. The van der Waals surface area contributed by atoms with E-state index < -0.39 is 0 Å². The minimum absolute atomic E-state index is 0.0131. The maximum absolute atomic E-state index is 12.8. The van der Waals surface area contributed by atoms with E-state index in [1.807, 2.05) is 58.3 Å². The third-order valence-corrected chi connectivity index (χ3v) is 4.13. The van der Waals surface area contributed by atoms with Crippen LogP contribution in [0.5, 0.6) is 0 Å². The van der Waals surface area contributed by atoms with Crippen LogP contribution in [-0.4, -0.2) is 40.5 Å². The Morgan fingerprint density at radius 2 is 1.83 bits per heavy atom. The molecule has 2 aromatic rings. The van der Waals surface area contributed by atoms with Crippen LogP contribution in [-0.2, 0) is 9.53 Å². The summed E-state index contributed by atoms with van der Waals surface area (Å²) in [5, 5.41) is 0. The summed E-state index contributed by atoms with van der Waals surface area (Å²) in [6, 6.07) is 11.7. The van der Waals surface area contributed by atoms with E-state index in [0.29, 0.717) is 18.7 Å². The number of carbonyl (C=O) groups is 2. The van der Waals surface area contributed by atoms with E-state index in [-0.39, 0.29) is 24.3 Å². The van der Waals surface area contributed by atoms with Gasteiger partial charge in [-0.25, -0.2) is 0 Å². The van der Waals surface area contributed by atoms with Gasteiger partial charge >= 0.3 is 5.97 Å². The zero-order valence-electron chi connectivity index (χ0n) is 13.9. The first-order valence-corrected chi connectivity index (χ1v) is 8.39. The zero-order valence-corrected chi connectivity index (χ0v) is 13.9. The Bertz CT molecular complexity index is 688. The van der Waals surface area contributed by atoms with E-state index in [1.165, 1.54) is 0 Å². The van der Waals surface area contributed by atoms with Gasteiger partial charge in [0.25, 0.3) is 5.91 Å². The van der Waals surface area contributed by atoms with E-state index in [4.69, 9.17) is 4.74 Å². The molecule has 24 heavy (non-hydrogen) atoms. The average molecular weight is 326 g/mol. The van der Waals surface area contributed by atoms with Gasteiger partial charge in [0.15, 0.2) is 0 Å². The molecule has 1 saturated carbocycles. The Hall–Kier alpha value is -2.56. The molecule has 0 aliphatic heterocycles. The number of carbonyl (C=O) groups excluding carboxylic acids is 2. The molecule has 0 bridgehead atoms. The maximum Gasteiger partial charge on any atom is 0.307 e. The fourth-order valence-corrected chi connectivity index (χ4v) is 2.73. The van der Waals surface area contributed by atoms with Gasteiger partial charge in [-0.3, -0.25) is 9.59 Å². The Kier molecular flexibility index (Phi) is 4.99. The molecule has 1 heterocycles. The van der Waals surface area contributed by atoms with Crippen molar-refractivity contribution in [1.29, 1.82) is 0 Å². The lowest BCUT2D eigenvalue weighted by Gasteiger charge is -2.22. The normalized spacial score (nSPS) is 13.5. The third kappa shape index (κ3) is 3.85. The van der Waals surface area contributed by atoms with Crippen molar-refractivity contribution in [1.82, 2.24) is 9.47 Å². The molecule has 1 aromatic carbocycles. The van der Waals surface area contributed by atoms with Crippen LogP contribution in [0.15, 0.2) is 48.8 Å². The molecule has 0 saturated heterocycles. The number of amides is 1. The van der Waals surface area contributed by atoms with Crippen LogP contribution in [0, 0.1) is 0 Å². The van der Waals surface area contributed by atoms with Crippen LogP contribution in [0.4, 0.5) is 0 Å². The molecule has 1 aromatic heterocycles. The van der Waals surface area contributed by atoms with Gasteiger partial charge in [-0.05, 0) is 56.2 Å². The van der Waals surface area contributed by atoms with Crippen molar-refractivity contribution in [2.45, 2.75) is 32.2 Å². The predicted octanol–water partition coefficient (Wildman–Crippen LogP) is 3.04. The summed E-state index contributed by atoms with van der Waals surface area (Å²) in [4.78, 5) is 26.1. The lowest BCUT2D eigenvalue weighted by molar-refractivity contribution is -0.143. The molecule has 0 N–H and O–H groups in total. The number of hydrogen-bond donors (Lipinski definition) is 0. The largest absolute Gasteiger partial charge is 0.466 e. The molecule has 126 valence electrons. The Balaban J connectivity index is 1.67. The van der Waals surface area contributed by atoms with Crippen LogP contribution in [0.2, 0.25) is 0 Å². The lowest BCUT2D eigenvalue weighted by Crippen LogP contribution is -2.35. The fraction of sp³-hybridized carbons (Fsp3) is 0.368. The first kappa shape index (κ1) is 16.3. The molecule has 0 spiro atoms. The van der Waals surface area contributed by atoms with Gasteiger partial charge in [-0.15, -0.1) is 0 Å². The maximum atomic E-state index is 12.8. The Labute approximate surface area is 141 Å². The first-order valence-electron chi connectivity index (χ1n) is 8.39. The predicted molar refractivity (Wildman–Crippen MR) is 91.1 cm³/mol. The van der Waals surface area contributed by atoms with Gasteiger partial charge in [0.1, 0.15) is 0 Å². The van der Waals surface area contributed by atoms with Crippen LogP contribution in [0.1, 0.15) is 36.5 Å². The second kappa shape index (κ2) is 7.34. The summed E-state index contributed by atoms with van der Waals surface area (Å²) in [7, 11) is 0. The third-order valence-electron chi connectivity index (χ3n) is 4.13. The van der Waals surface area contributed by atoms with Crippen molar-refractivity contribution in [2.24, 2.45) is 0 Å². The summed E-state index contributed by atoms with van der Waals surface area (Å²) in [6.45, 7) is 2.58. The second-order valence-corrected chi connectivity index (χ2v) is 5.92. The number of nitrogens with zero attached hydrogens (tertiary/aromatic N) is 2. The Morgan fingerprint density at radius 1 is 1.17 bits per heavy atom. The number of esters is 1. The smallest absolute Gasteiger partial charge is 0.307 e. The van der Waals surface area contributed by atoms with E-state index >= 15 is 0 Å². The van der Waals surface area contributed by atoms with Crippen LogP contribution < -0.4 is 0 Å². The molecule has 1 amide bonds. The topological polar surface area (TPSA) is 51.5 Å². The highest BCUT2D eigenvalue weighted by Crippen LogP contribution is 2.28. The monoisotopic (exact) mass is 326 g/mol. The van der Waals surface area contributed by atoms with E-state index in [9.17, 15) is 9.59 Å². The van der Waals surface area contributed by atoms with Gasteiger partial charge in [0.2, 0.25) is 0 Å². The number of rotatable bonds is 7. The lowest BCUT2D eigenvalue weighted by atomic mass is 10.1. The molecule has 1 aliphatic carbocycles. The van der Waals surface area contributed by atoms with E-state index in [2.05, 4.69) is 0 Å². The number of hydrogen-bond acceptors (Lipinski definition) is 3. The molecule has 1 aliphatic rings. The van der Waals surface area contributed by atoms with E-state index in [1.54, 1.807) is 6.92 Å². The summed E-state index contributed by atoms with van der Waals surface area (Å²) in [6.07, 6.45) is 6.20. The standard InChI is InChI=1S/C19H22N2O3/c1-2-24-18(22)11-14-21(17-9-10-17)19(23)15-5-7-16(8-6-15)20-12-3-4-13-20/h3-8,12-13,17H,2,9-11,14H2,1H3. The highest BCUT2D eigenvalue weighted by molar-refractivity contribution is 5.95. The minimum Gasteiger partial charge on any atom is -0.466 e. The molecule has 0 unspecified atom stereocenters. The van der Waals surface area contributed by atoms with Gasteiger partial charge in [-0.2, -0.15) is 0 Å². The van der Waals surface area contributed by atoms with Crippen molar-refractivity contribution >= 4 is 11.9 Å². The summed E-state index contributed by atoms with van der Waals surface area (Å²) >= 11 is 0. The molecule has 0 radical (unpaired) electrons. The van der Waals surface area contributed by atoms with Crippen LogP contribution in [0.25, 0.3) is 5.69 Å². The van der Waals surface area contributed by atoms with Crippen molar-refractivity contribution in [3.05, 3.63) is 54.4 Å². The van der Waals surface area contributed by atoms with Gasteiger partial charge in [0.05, 0.1) is 13.0 Å². The summed E-state index contributed by atoms with van der Waals surface area (Å²) in [5.41, 5.74) is 1.67. The van der Waals surface area contributed by atoms with Crippen LogP contribution in [0.3, 0.4) is 0 Å². The minimum atomic E-state index is -0.251. The highest BCUT2D eigenvalue weighted by atomic mass is 16.5. The molecule has 5 nitrogen and oxygen atoms in total. The summed E-state index contributed by atoms with van der Waals surface area (Å²) < 4.78 is 6.95. The van der Waals surface area contributed by atoms with Gasteiger partial charge in [0, 0.05) is 36.2 Å². The molecular formula is C19H22N2O3. The van der Waals surface area contributed by atoms with Crippen molar-refractivity contribution in [2.75, 3.05) is 13.2 Å². The van der Waals surface area contributed by atoms with Gasteiger partial charge < -0.3 is 14.2 Å². The van der Waals surface area contributed by atoms with Crippen molar-refractivity contribution < 1.29 is 14.3 Å². The SMILES string of the molecule is CCOC(=O)CCN(C(=O)c1ccc(-n2cccc2)cc1)C1CC1. The molecule has 0 atom stereocenters. The van der Waals surface area contributed by atoms with Crippen LogP contribution >= 0.6 is 0 Å². The highest BCUT2D eigenvalue weighted by Gasteiger charge is 2.33. The van der Waals surface area contributed by atoms with Crippen molar-refractivity contribution in [3.8, 4) is 5.69 Å².